The van der Waals surface area contributed by atoms with Gasteiger partial charge in [-0.3, -0.25) is 0 Å². The van der Waals surface area contributed by atoms with Crippen LogP contribution in [0.15, 0.2) is 133 Å². The Morgan fingerprint density at radius 3 is 1.43 bits per heavy atom. The summed E-state index contributed by atoms with van der Waals surface area (Å²) in [6.45, 7) is 9.50. The van der Waals surface area contributed by atoms with Crippen molar-refractivity contribution in [2.75, 3.05) is 4.90 Å². The number of benzene rings is 6. The Morgan fingerprint density at radius 1 is 0.429 bits per heavy atom. The van der Waals surface area contributed by atoms with Gasteiger partial charge in [-0.15, -0.1) is 0 Å². The Hall–Kier alpha value is -4.88. The summed E-state index contributed by atoms with van der Waals surface area (Å²) < 4.78 is 0. The first-order valence-corrected chi connectivity index (χ1v) is 18.3. The lowest BCUT2D eigenvalue weighted by atomic mass is 9.81. The van der Waals surface area contributed by atoms with Crippen LogP contribution in [0.1, 0.15) is 93.5 Å². The normalized spacial score (nSPS) is 16.8. The van der Waals surface area contributed by atoms with Crippen LogP contribution >= 0.6 is 0 Å². The average Bonchev–Trinajstić information content (AvgIpc) is 3.52. The smallest absolute Gasteiger partial charge is 0.0465 e. The van der Waals surface area contributed by atoms with Crippen molar-refractivity contribution >= 4 is 17.1 Å². The molecule has 0 unspecified atom stereocenters. The number of hydrogen-bond acceptors (Lipinski definition) is 1. The summed E-state index contributed by atoms with van der Waals surface area (Å²) in [5, 5.41) is 0. The average molecular weight is 636 g/mol. The lowest BCUT2D eigenvalue weighted by molar-refractivity contribution is 0.444. The summed E-state index contributed by atoms with van der Waals surface area (Å²) in [5.41, 5.74) is 18.7. The van der Waals surface area contributed by atoms with Gasteiger partial charge in [-0.2, -0.15) is 0 Å². The monoisotopic (exact) mass is 635 g/mol. The summed E-state index contributed by atoms with van der Waals surface area (Å²) in [7, 11) is 0. The molecular formula is C48H45N. The zero-order valence-electron chi connectivity index (χ0n) is 29.3. The molecular weight excluding hydrogens is 591 g/mol. The van der Waals surface area contributed by atoms with Gasteiger partial charge in [0.15, 0.2) is 0 Å². The third-order valence-electron chi connectivity index (χ3n) is 12.1. The molecule has 0 bridgehead atoms. The van der Waals surface area contributed by atoms with E-state index in [4.69, 9.17) is 0 Å². The van der Waals surface area contributed by atoms with Crippen molar-refractivity contribution in [3.8, 4) is 33.4 Å². The molecule has 242 valence electrons. The highest BCUT2D eigenvalue weighted by atomic mass is 15.1. The standard InChI is InChI=1S/C48H45N/c1-47(2)43-20-12-10-18-39(43)41-28-26-35(30-45(41)47)49(36-27-29-42-40-19-11-13-21-44(40)48(3,4)46(42)31-36)34-24-22-33(23-25-34)38-17-9-8-16-37(38)32-14-6-5-7-15-32/h8-13,16-32H,5-7,14-15H2,1-4H3. The van der Waals surface area contributed by atoms with Crippen molar-refractivity contribution in [1.82, 2.24) is 0 Å². The predicted octanol–water partition coefficient (Wildman–Crippen LogP) is 13.5. The molecule has 0 aromatic heterocycles. The van der Waals surface area contributed by atoms with Gasteiger partial charge in [-0.1, -0.05) is 144 Å². The summed E-state index contributed by atoms with van der Waals surface area (Å²) in [5.74, 6) is 0.666. The molecule has 0 amide bonds. The third kappa shape index (κ3) is 4.73. The Kier molecular flexibility index (Phi) is 6.99. The van der Waals surface area contributed by atoms with Crippen molar-refractivity contribution in [3.63, 3.8) is 0 Å². The summed E-state index contributed by atoms with van der Waals surface area (Å²) in [6.07, 6.45) is 6.68. The van der Waals surface area contributed by atoms with Crippen LogP contribution in [0.25, 0.3) is 33.4 Å². The maximum atomic E-state index is 2.48. The number of nitrogens with zero attached hydrogens (tertiary/aromatic N) is 1. The highest BCUT2D eigenvalue weighted by Gasteiger charge is 2.37. The quantitative estimate of drug-likeness (QED) is 0.182. The molecule has 0 atom stereocenters. The van der Waals surface area contributed by atoms with E-state index in [2.05, 4.69) is 166 Å². The zero-order chi connectivity index (χ0) is 33.3. The number of anilines is 3. The maximum absolute atomic E-state index is 2.48. The molecule has 6 aromatic carbocycles. The fourth-order valence-electron chi connectivity index (χ4n) is 9.43. The highest BCUT2D eigenvalue weighted by Crippen LogP contribution is 2.53. The second-order valence-electron chi connectivity index (χ2n) is 15.6. The van der Waals surface area contributed by atoms with E-state index in [9.17, 15) is 0 Å². The van der Waals surface area contributed by atoms with E-state index in [0.717, 1.165) is 0 Å². The molecule has 0 spiro atoms. The molecule has 1 heteroatoms. The van der Waals surface area contributed by atoms with Crippen molar-refractivity contribution < 1.29 is 0 Å². The molecule has 0 N–H and O–H groups in total. The Bertz CT molecular complexity index is 2100. The maximum Gasteiger partial charge on any atom is 0.0465 e. The van der Waals surface area contributed by atoms with Crippen LogP contribution in [0.3, 0.4) is 0 Å². The molecule has 6 aromatic rings. The van der Waals surface area contributed by atoms with Gasteiger partial charge in [-0.25, -0.2) is 0 Å². The van der Waals surface area contributed by atoms with Crippen molar-refractivity contribution in [1.29, 1.82) is 0 Å². The van der Waals surface area contributed by atoms with Gasteiger partial charge in [0.05, 0.1) is 0 Å². The van der Waals surface area contributed by atoms with Gasteiger partial charge >= 0.3 is 0 Å². The first-order chi connectivity index (χ1) is 23.8. The summed E-state index contributed by atoms with van der Waals surface area (Å²) in [6, 6.07) is 50.7. The lowest BCUT2D eigenvalue weighted by Crippen LogP contribution is -2.18. The van der Waals surface area contributed by atoms with Gasteiger partial charge in [-0.05, 0) is 116 Å². The van der Waals surface area contributed by atoms with E-state index < -0.39 is 0 Å². The minimum Gasteiger partial charge on any atom is -0.310 e. The molecule has 0 heterocycles. The van der Waals surface area contributed by atoms with Gasteiger partial charge in [0.25, 0.3) is 0 Å². The molecule has 0 saturated heterocycles. The molecule has 1 nitrogen and oxygen atoms in total. The van der Waals surface area contributed by atoms with Crippen LogP contribution in [0.4, 0.5) is 17.1 Å². The SMILES string of the molecule is CC1(C)c2ccccc2-c2ccc(N(c3ccc(-c4ccccc4C4CCCCC4)cc3)c3ccc4c(c3)C(C)(C)c3ccccc3-4)cc21. The van der Waals surface area contributed by atoms with E-state index in [1.807, 2.05) is 0 Å². The minimum absolute atomic E-state index is 0.0676. The Morgan fingerprint density at radius 2 is 0.878 bits per heavy atom. The summed E-state index contributed by atoms with van der Waals surface area (Å²) >= 11 is 0. The number of hydrogen-bond donors (Lipinski definition) is 0. The van der Waals surface area contributed by atoms with E-state index in [1.165, 1.54) is 110 Å². The molecule has 0 radical (unpaired) electrons. The fourth-order valence-corrected chi connectivity index (χ4v) is 9.43. The van der Waals surface area contributed by atoms with E-state index >= 15 is 0 Å². The number of rotatable bonds is 5. The first kappa shape index (κ1) is 30.2. The van der Waals surface area contributed by atoms with Gasteiger partial charge in [0.1, 0.15) is 0 Å². The van der Waals surface area contributed by atoms with Crippen LogP contribution in [-0.4, -0.2) is 0 Å². The van der Waals surface area contributed by atoms with Crippen molar-refractivity contribution in [3.05, 3.63) is 161 Å². The lowest BCUT2D eigenvalue weighted by Gasteiger charge is -2.30. The molecule has 0 aliphatic heterocycles. The van der Waals surface area contributed by atoms with Crippen molar-refractivity contribution in [2.45, 2.75) is 76.5 Å². The second kappa shape index (κ2) is 11.3. The van der Waals surface area contributed by atoms with Crippen LogP contribution < -0.4 is 4.90 Å². The van der Waals surface area contributed by atoms with Crippen LogP contribution in [0.2, 0.25) is 0 Å². The third-order valence-corrected chi connectivity index (χ3v) is 12.1. The Balaban J connectivity index is 1.18. The molecule has 3 aliphatic rings. The molecule has 49 heavy (non-hydrogen) atoms. The second-order valence-corrected chi connectivity index (χ2v) is 15.6. The van der Waals surface area contributed by atoms with E-state index in [-0.39, 0.29) is 10.8 Å². The van der Waals surface area contributed by atoms with Crippen LogP contribution in [-0.2, 0) is 10.8 Å². The van der Waals surface area contributed by atoms with Crippen molar-refractivity contribution in [2.24, 2.45) is 0 Å². The van der Waals surface area contributed by atoms with E-state index in [0.29, 0.717) is 5.92 Å². The predicted molar refractivity (Wildman–Crippen MR) is 208 cm³/mol. The number of fused-ring (bicyclic) bond motifs is 6. The minimum atomic E-state index is -0.0676. The molecule has 1 saturated carbocycles. The highest BCUT2D eigenvalue weighted by molar-refractivity contribution is 5.88. The first-order valence-electron chi connectivity index (χ1n) is 18.3. The van der Waals surface area contributed by atoms with Gasteiger partial charge in [0, 0.05) is 27.9 Å². The molecule has 1 fully saturated rings. The Labute approximate surface area is 292 Å². The van der Waals surface area contributed by atoms with Crippen LogP contribution in [0, 0.1) is 0 Å². The summed E-state index contributed by atoms with van der Waals surface area (Å²) in [4.78, 5) is 2.48. The fraction of sp³-hybridized carbons (Fsp3) is 0.250. The van der Waals surface area contributed by atoms with Gasteiger partial charge in [0.2, 0.25) is 0 Å². The largest absolute Gasteiger partial charge is 0.310 e. The molecule has 3 aliphatic carbocycles. The molecule has 9 rings (SSSR count). The zero-order valence-corrected chi connectivity index (χ0v) is 29.3. The van der Waals surface area contributed by atoms with Crippen LogP contribution in [0.5, 0.6) is 0 Å². The van der Waals surface area contributed by atoms with Gasteiger partial charge < -0.3 is 4.90 Å². The topological polar surface area (TPSA) is 3.24 Å². The van der Waals surface area contributed by atoms with E-state index in [1.54, 1.807) is 0 Å².